The van der Waals surface area contributed by atoms with E-state index < -0.39 is 0 Å². The second-order valence-corrected chi connectivity index (χ2v) is 5.59. The van der Waals surface area contributed by atoms with Gasteiger partial charge in [-0.3, -0.25) is 4.79 Å². The van der Waals surface area contributed by atoms with Crippen molar-refractivity contribution in [2.75, 3.05) is 5.32 Å². The summed E-state index contributed by atoms with van der Waals surface area (Å²) in [5, 5.41) is 3.42. The number of anilines is 1. The van der Waals surface area contributed by atoms with E-state index in [1.54, 1.807) is 12.1 Å². The predicted octanol–water partition coefficient (Wildman–Crippen LogP) is 5.02. The van der Waals surface area contributed by atoms with E-state index in [0.29, 0.717) is 16.5 Å². The van der Waals surface area contributed by atoms with Crippen LogP contribution in [0.3, 0.4) is 0 Å². The molecular weight excluding hydrogens is 270 g/mol. The van der Waals surface area contributed by atoms with Crippen LogP contribution in [-0.2, 0) is 0 Å². The number of amides is 1. The van der Waals surface area contributed by atoms with Gasteiger partial charge in [0.25, 0.3) is 5.91 Å². The number of carbonyl (C=O) groups excluding carboxylic acids is 1. The molecule has 0 fully saturated rings. The molecule has 0 heterocycles. The van der Waals surface area contributed by atoms with Gasteiger partial charge in [-0.15, -0.1) is 0 Å². The van der Waals surface area contributed by atoms with Crippen molar-refractivity contribution < 1.29 is 4.79 Å². The average Bonchev–Trinajstić information content (AvgIpc) is 2.41. The first-order valence-electron chi connectivity index (χ1n) is 6.65. The molecule has 0 saturated carbocycles. The Hall–Kier alpha value is -1.80. The summed E-state index contributed by atoms with van der Waals surface area (Å²) >= 11 is 6.10. The molecule has 20 heavy (non-hydrogen) atoms. The number of hydrogen-bond acceptors (Lipinski definition) is 1. The zero-order chi connectivity index (χ0) is 14.7. The van der Waals surface area contributed by atoms with Crippen LogP contribution in [0.2, 0.25) is 5.02 Å². The molecule has 2 nitrogen and oxygen atoms in total. The maximum atomic E-state index is 12.4. The maximum absolute atomic E-state index is 12.4. The van der Waals surface area contributed by atoms with Crippen LogP contribution in [0.4, 0.5) is 5.69 Å². The third-order valence-electron chi connectivity index (χ3n) is 3.20. The summed E-state index contributed by atoms with van der Waals surface area (Å²) in [6, 6.07) is 13.3. The minimum Gasteiger partial charge on any atom is -0.322 e. The van der Waals surface area contributed by atoms with E-state index >= 15 is 0 Å². The van der Waals surface area contributed by atoms with Crippen molar-refractivity contribution in [3.05, 3.63) is 64.2 Å². The number of halogens is 1. The number of hydrogen-bond donors (Lipinski definition) is 1. The lowest BCUT2D eigenvalue weighted by Crippen LogP contribution is -2.14. The van der Waals surface area contributed by atoms with E-state index in [1.165, 1.54) is 0 Å². The highest BCUT2D eigenvalue weighted by atomic mass is 35.5. The molecule has 0 atom stereocenters. The molecule has 3 heteroatoms. The normalized spacial score (nSPS) is 10.7. The minimum atomic E-state index is -0.174. The van der Waals surface area contributed by atoms with Gasteiger partial charge in [0.05, 0.1) is 10.6 Å². The second kappa shape index (κ2) is 6.10. The van der Waals surface area contributed by atoms with Gasteiger partial charge in [0.2, 0.25) is 0 Å². The maximum Gasteiger partial charge on any atom is 0.257 e. The van der Waals surface area contributed by atoms with Crippen molar-refractivity contribution in [3.63, 3.8) is 0 Å². The van der Waals surface area contributed by atoms with Crippen LogP contribution < -0.4 is 5.32 Å². The van der Waals surface area contributed by atoms with Gasteiger partial charge in [-0.25, -0.2) is 0 Å². The fourth-order valence-electron chi connectivity index (χ4n) is 2.12. The van der Waals surface area contributed by atoms with Crippen molar-refractivity contribution in [2.24, 2.45) is 0 Å². The molecule has 104 valence electrons. The summed E-state index contributed by atoms with van der Waals surface area (Å²) in [7, 11) is 0. The predicted molar refractivity (Wildman–Crippen MR) is 84.7 cm³/mol. The van der Waals surface area contributed by atoms with Crippen LogP contribution in [0.25, 0.3) is 0 Å². The summed E-state index contributed by atoms with van der Waals surface area (Å²) in [5.74, 6) is 0.172. The van der Waals surface area contributed by atoms with Crippen LogP contribution in [0, 0.1) is 6.92 Å². The Morgan fingerprint density at radius 1 is 1.15 bits per heavy atom. The standard InChI is InChI=1S/C17H18ClNO/c1-11(2)13-6-4-5-7-16(13)19-17(20)14-10-12(3)8-9-15(14)18/h4-11H,1-3H3,(H,19,20). The topological polar surface area (TPSA) is 29.1 Å². The molecule has 2 aromatic rings. The third-order valence-corrected chi connectivity index (χ3v) is 3.53. The lowest BCUT2D eigenvalue weighted by Gasteiger charge is -2.14. The van der Waals surface area contributed by atoms with E-state index in [4.69, 9.17) is 11.6 Å². The molecule has 0 aromatic heterocycles. The van der Waals surface area contributed by atoms with Gasteiger partial charge < -0.3 is 5.32 Å². The zero-order valence-corrected chi connectivity index (χ0v) is 12.7. The van der Waals surface area contributed by atoms with Crippen LogP contribution in [0.1, 0.15) is 41.3 Å². The van der Waals surface area contributed by atoms with Crippen LogP contribution >= 0.6 is 11.6 Å². The molecule has 1 amide bonds. The SMILES string of the molecule is Cc1ccc(Cl)c(C(=O)Nc2ccccc2C(C)C)c1. The Kier molecular flexibility index (Phi) is 4.46. The summed E-state index contributed by atoms with van der Waals surface area (Å²) < 4.78 is 0. The van der Waals surface area contributed by atoms with Gasteiger partial charge in [-0.2, -0.15) is 0 Å². The van der Waals surface area contributed by atoms with Gasteiger partial charge >= 0.3 is 0 Å². The van der Waals surface area contributed by atoms with E-state index in [2.05, 4.69) is 19.2 Å². The number of benzene rings is 2. The highest BCUT2D eigenvalue weighted by Crippen LogP contribution is 2.25. The molecule has 0 saturated heterocycles. The number of rotatable bonds is 3. The van der Waals surface area contributed by atoms with Gasteiger partial charge in [0.1, 0.15) is 0 Å². The lowest BCUT2D eigenvalue weighted by atomic mass is 10.0. The molecule has 0 aliphatic carbocycles. The summed E-state index contributed by atoms with van der Waals surface area (Å²) in [4.78, 5) is 12.4. The fourth-order valence-corrected chi connectivity index (χ4v) is 2.32. The Morgan fingerprint density at radius 3 is 2.55 bits per heavy atom. The number of aryl methyl sites for hydroxylation is 1. The molecule has 0 bridgehead atoms. The molecule has 0 aliphatic rings. The average molecular weight is 288 g/mol. The number of nitrogens with one attached hydrogen (secondary N) is 1. The quantitative estimate of drug-likeness (QED) is 0.843. The van der Waals surface area contributed by atoms with Crippen LogP contribution in [0.15, 0.2) is 42.5 Å². The van der Waals surface area contributed by atoms with Crippen molar-refractivity contribution in [1.82, 2.24) is 0 Å². The molecule has 0 aliphatic heterocycles. The van der Waals surface area contributed by atoms with Crippen LogP contribution in [-0.4, -0.2) is 5.91 Å². The van der Waals surface area contributed by atoms with E-state index in [-0.39, 0.29) is 5.91 Å². The van der Waals surface area contributed by atoms with E-state index in [1.807, 2.05) is 37.3 Å². The highest BCUT2D eigenvalue weighted by Gasteiger charge is 2.13. The molecule has 0 unspecified atom stereocenters. The van der Waals surface area contributed by atoms with Gasteiger partial charge in [0, 0.05) is 5.69 Å². The van der Waals surface area contributed by atoms with E-state index in [0.717, 1.165) is 16.8 Å². The molecule has 1 N–H and O–H groups in total. The Labute approximate surface area is 124 Å². The van der Waals surface area contributed by atoms with Crippen molar-refractivity contribution in [2.45, 2.75) is 26.7 Å². The molecular formula is C17H18ClNO. The minimum absolute atomic E-state index is 0.174. The Bertz CT molecular complexity index is 635. The van der Waals surface area contributed by atoms with Crippen LogP contribution in [0.5, 0.6) is 0 Å². The van der Waals surface area contributed by atoms with Crippen molar-refractivity contribution >= 4 is 23.2 Å². The Morgan fingerprint density at radius 2 is 1.85 bits per heavy atom. The molecule has 0 spiro atoms. The summed E-state index contributed by atoms with van der Waals surface area (Å²) in [6.07, 6.45) is 0. The van der Waals surface area contributed by atoms with E-state index in [9.17, 15) is 4.79 Å². The van der Waals surface area contributed by atoms with Crippen molar-refractivity contribution in [3.8, 4) is 0 Å². The smallest absolute Gasteiger partial charge is 0.257 e. The van der Waals surface area contributed by atoms with Gasteiger partial charge in [-0.05, 0) is 36.6 Å². The second-order valence-electron chi connectivity index (χ2n) is 5.18. The lowest BCUT2D eigenvalue weighted by molar-refractivity contribution is 0.102. The van der Waals surface area contributed by atoms with Gasteiger partial charge in [-0.1, -0.05) is 55.3 Å². The summed E-state index contributed by atoms with van der Waals surface area (Å²) in [5.41, 5.74) is 3.47. The first kappa shape index (κ1) is 14.6. The molecule has 2 aromatic carbocycles. The zero-order valence-electron chi connectivity index (χ0n) is 11.9. The first-order chi connectivity index (χ1) is 9.49. The summed E-state index contributed by atoms with van der Waals surface area (Å²) in [6.45, 7) is 6.14. The highest BCUT2D eigenvalue weighted by molar-refractivity contribution is 6.34. The fraction of sp³-hybridized carbons (Fsp3) is 0.235. The molecule has 2 rings (SSSR count). The number of carbonyl (C=O) groups is 1. The van der Waals surface area contributed by atoms with Gasteiger partial charge in [0.15, 0.2) is 0 Å². The van der Waals surface area contributed by atoms with Crippen molar-refractivity contribution in [1.29, 1.82) is 0 Å². The third kappa shape index (κ3) is 3.20. The largest absolute Gasteiger partial charge is 0.322 e. The monoisotopic (exact) mass is 287 g/mol. The Balaban J connectivity index is 2.31. The first-order valence-corrected chi connectivity index (χ1v) is 7.03. The molecule has 0 radical (unpaired) electrons. The number of para-hydroxylation sites is 1.